The van der Waals surface area contributed by atoms with Crippen molar-refractivity contribution in [1.82, 2.24) is 4.90 Å². The predicted molar refractivity (Wildman–Crippen MR) is 101 cm³/mol. The second-order valence-electron chi connectivity index (χ2n) is 6.64. The number of likely N-dealkylation sites (tertiary alicyclic amines) is 1. The Kier molecular flexibility index (Phi) is 4.63. The Morgan fingerprint density at radius 1 is 0.846 bits per heavy atom. The zero-order valence-electron chi connectivity index (χ0n) is 14.4. The van der Waals surface area contributed by atoms with E-state index in [0.29, 0.717) is 5.56 Å². The minimum absolute atomic E-state index is 0.0422. The average molecular weight is 345 g/mol. The van der Waals surface area contributed by atoms with Crippen LogP contribution in [0.25, 0.3) is 0 Å². The summed E-state index contributed by atoms with van der Waals surface area (Å²) in [5, 5.41) is 0. The largest absolute Gasteiger partial charge is 0.292 e. The highest BCUT2D eigenvalue weighted by Crippen LogP contribution is 2.36. The van der Waals surface area contributed by atoms with Crippen LogP contribution in [0.5, 0.6) is 0 Å². The smallest absolute Gasteiger partial charge is 0.180 e. The van der Waals surface area contributed by atoms with Crippen LogP contribution < -0.4 is 0 Å². The number of benzene rings is 3. The van der Waals surface area contributed by atoms with E-state index in [4.69, 9.17) is 0 Å². The van der Waals surface area contributed by atoms with Gasteiger partial charge in [-0.15, -0.1) is 0 Å². The molecule has 1 unspecified atom stereocenters. The normalized spacial score (nSPS) is 17.1. The molecule has 2 nitrogen and oxygen atoms in total. The number of ketones is 1. The lowest BCUT2D eigenvalue weighted by Gasteiger charge is -2.45. The fraction of sp³-hybridized carbons (Fsp3) is 0.174. The summed E-state index contributed by atoms with van der Waals surface area (Å²) in [6, 6.07) is 26.3. The van der Waals surface area contributed by atoms with Crippen LogP contribution in [0.3, 0.4) is 0 Å². The van der Waals surface area contributed by atoms with Crippen LogP contribution in [0, 0.1) is 5.82 Å². The van der Waals surface area contributed by atoms with E-state index >= 15 is 0 Å². The number of carbonyl (C=O) groups excluding carboxylic acids is 1. The van der Waals surface area contributed by atoms with Crippen molar-refractivity contribution in [2.75, 3.05) is 6.54 Å². The summed E-state index contributed by atoms with van der Waals surface area (Å²) < 4.78 is 13.2. The standard InChI is InChI=1S/C23H20FNO/c24-20-13-11-19(12-14-20)23(26)21-15-16-25(21)22(17-7-3-1-4-8-17)18-9-5-2-6-10-18/h1-14,21-22H,15-16H2. The summed E-state index contributed by atoms with van der Waals surface area (Å²) in [7, 11) is 0. The van der Waals surface area contributed by atoms with Gasteiger partial charge in [-0.2, -0.15) is 0 Å². The minimum Gasteiger partial charge on any atom is -0.292 e. The first kappa shape index (κ1) is 16.7. The Hall–Kier alpha value is -2.78. The van der Waals surface area contributed by atoms with Crippen molar-refractivity contribution in [3.63, 3.8) is 0 Å². The minimum atomic E-state index is -0.321. The molecule has 0 spiro atoms. The summed E-state index contributed by atoms with van der Waals surface area (Å²) >= 11 is 0. The molecule has 0 aromatic heterocycles. The highest BCUT2D eigenvalue weighted by atomic mass is 19.1. The third-order valence-corrected chi connectivity index (χ3v) is 5.05. The van der Waals surface area contributed by atoms with Gasteiger partial charge in [0.25, 0.3) is 0 Å². The Balaban J connectivity index is 1.66. The lowest BCUT2D eigenvalue weighted by molar-refractivity contribution is 0.0434. The molecule has 130 valence electrons. The summed E-state index contributed by atoms with van der Waals surface area (Å²) in [4.78, 5) is 15.2. The third kappa shape index (κ3) is 3.18. The molecular formula is C23H20FNO. The van der Waals surface area contributed by atoms with Crippen LogP contribution in [0.15, 0.2) is 84.9 Å². The first-order valence-electron chi connectivity index (χ1n) is 8.89. The monoisotopic (exact) mass is 345 g/mol. The van der Waals surface area contributed by atoms with Crippen molar-refractivity contribution < 1.29 is 9.18 Å². The van der Waals surface area contributed by atoms with Crippen LogP contribution in [0.1, 0.15) is 33.9 Å². The zero-order chi connectivity index (χ0) is 17.9. The van der Waals surface area contributed by atoms with Crippen LogP contribution in [-0.2, 0) is 0 Å². The van der Waals surface area contributed by atoms with Crippen LogP contribution in [0.2, 0.25) is 0 Å². The van der Waals surface area contributed by atoms with Gasteiger partial charge in [-0.25, -0.2) is 4.39 Å². The van der Waals surface area contributed by atoms with E-state index in [-0.39, 0.29) is 23.7 Å². The SMILES string of the molecule is O=C(c1ccc(F)cc1)C1CCN1C(c1ccccc1)c1ccccc1. The van der Waals surface area contributed by atoms with Gasteiger partial charge in [-0.3, -0.25) is 9.69 Å². The predicted octanol–water partition coefficient (Wildman–Crippen LogP) is 4.87. The molecule has 0 saturated carbocycles. The molecule has 0 N–H and O–H groups in total. The van der Waals surface area contributed by atoms with E-state index in [1.807, 2.05) is 36.4 Å². The average Bonchev–Trinajstić information content (AvgIpc) is 2.67. The zero-order valence-corrected chi connectivity index (χ0v) is 14.4. The third-order valence-electron chi connectivity index (χ3n) is 5.05. The van der Waals surface area contributed by atoms with Gasteiger partial charge in [0.2, 0.25) is 0 Å². The second-order valence-corrected chi connectivity index (χ2v) is 6.64. The van der Waals surface area contributed by atoms with Crippen molar-refractivity contribution in [1.29, 1.82) is 0 Å². The molecule has 1 fully saturated rings. The van der Waals surface area contributed by atoms with Crippen molar-refractivity contribution in [2.45, 2.75) is 18.5 Å². The second kappa shape index (κ2) is 7.22. The maximum atomic E-state index is 13.2. The van der Waals surface area contributed by atoms with E-state index in [1.54, 1.807) is 12.1 Å². The van der Waals surface area contributed by atoms with Gasteiger partial charge in [-0.1, -0.05) is 60.7 Å². The molecule has 3 heteroatoms. The fourth-order valence-corrected chi connectivity index (χ4v) is 3.65. The van der Waals surface area contributed by atoms with Crippen molar-refractivity contribution in [3.05, 3.63) is 107 Å². The highest BCUT2D eigenvalue weighted by molar-refractivity contribution is 6.00. The molecule has 4 rings (SSSR count). The van der Waals surface area contributed by atoms with E-state index in [9.17, 15) is 9.18 Å². The molecular weight excluding hydrogens is 325 g/mol. The van der Waals surface area contributed by atoms with Crippen molar-refractivity contribution in [3.8, 4) is 0 Å². The lowest BCUT2D eigenvalue weighted by Crippen LogP contribution is -2.54. The maximum absolute atomic E-state index is 13.2. The van der Waals surface area contributed by atoms with Crippen LogP contribution in [-0.4, -0.2) is 23.3 Å². The maximum Gasteiger partial charge on any atom is 0.180 e. The van der Waals surface area contributed by atoms with Gasteiger partial charge in [0.15, 0.2) is 5.78 Å². The molecule has 1 heterocycles. The Morgan fingerprint density at radius 2 is 1.38 bits per heavy atom. The number of Topliss-reactive ketones (excluding diaryl/α,β-unsaturated/α-hetero) is 1. The van der Waals surface area contributed by atoms with Gasteiger partial charge >= 0.3 is 0 Å². The van der Waals surface area contributed by atoms with Gasteiger partial charge in [-0.05, 0) is 41.8 Å². The quantitative estimate of drug-likeness (QED) is 0.615. The van der Waals surface area contributed by atoms with E-state index in [1.165, 1.54) is 23.3 Å². The molecule has 3 aromatic rings. The van der Waals surface area contributed by atoms with Gasteiger partial charge in [0, 0.05) is 12.1 Å². The summed E-state index contributed by atoms with van der Waals surface area (Å²) in [5.74, 6) is -0.258. The van der Waals surface area contributed by atoms with Gasteiger partial charge in [0.05, 0.1) is 12.1 Å². The molecule has 0 radical (unpaired) electrons. The Labute approximate surface area is 152 Å². The summed E-state index contributed by atoms with van der Waals surface area (Å²) in [5.41, 5.74) is 2.92. The number of nitrogens with zero attached hydrogens (tertiary/aromatic N) is 1. The molecule has 3 aromatic carbocycles. The first-order valence-corrected chi connectivity index (χ1v) is 8.89. The number of hydrogen-bond acceptors (Lipinski definition) is 2. The number of halogens is 1. The van der Waals surface area contributed by atoms with Crippen molar-refractivity contribution >= 4 is 5.78 Å². The molecule has 0 bridgehead atoms. The van der Waals surface area contributed by atoms with Crippen LogP contribution in [0.4, 0.5) is 4.39 Å². The molecule has 1 aliphatic heterocycles. The van der Waals surface area contributed by atoms with E-state index in [2.05, 4.69) is 29.2 Å². The first-order chi connectivity index (χ1) is 12.7. The van der Waals surface area contributed by atoms with Gasteiger partial charge < -0.3 is 0 Å². The lowest BCUT2D eigenvalue weighted by atomic mass is 9.87. The van der Waals surface area contributed by atoms with E-state index < -0.39 is 0 Å². The molecule has 1 aliphatic rings. The fourth-order valence-electron chi connectivity index (χ4n) is 3.65. The summed E-state index contributed by atoms with van der Waals surface area (Å²) in [6.07, 6.45) is 0.826. The molecule has 1 atom stereocenters. The summed E-state index contributed by atoms with van der Waals surface area (Å²) in [6.45, 7) is 0.867. The van der Waals surface area contributed by atoms with Crippen LogP contribution >= 0.6 is 0 Å². The Morgan fingerprint density at radius 3 is 1.85 bits per heavy atom. The number of rotatable bonds is 5. The van der Waals surface area contributed by atoms with Crippen molar-refractivity contribution in [2.24, 2.45) is 0 Å². The molecule has 0 aliphatic carbocycles. The molecule has 26 heavy (non-hydrogen) atoms. The number of hydrogen-bond donors (Lipinski definition) is 0. The topological polar surface area (TPSA) is 20.3 Å². The number of carbonyl (C=O) groups is 1. The van der Waals surface area contributed by atoms with Gasteiger partial charge in [0.1, 0.15) is 5.82 Å². The Bertz CT molecular complexity index is 838. The molecule has 1 saturated heterocycles. The molecule has 0 amide bonds. The highest BCUT2D eigenvalue weighted by Gasteiger charge is 2.40. The van der Waals surface area contributed by atoms with E-state index in [0.717, 1.165) is 13.0 Å².